The predicted octanol–water partition coefficient (Wildman–Crippen LogP) is 3.84. The molecule has 7 nitrogen and oxygen atoms in total. The second-order valence-electron chi connectivity index (χ2n) is 8.26. The lowest BCUT2D eigenvalue weighted by atomic mass is 9.99. The SMILES string of the molecule is CC1CCN(C(=O)C(C)OC(=O)c2cccc(NC(=O)OC(C)(C)C)c2)CC1. The number of carbonyl (C=O) groups excluding carboxylic acids is 3. The molecule has 1 saturated heterocycles. The fourth-order valence-corrected chi connectivity index (χ4v) is 2.91. The number of esters is 1. The van der Waals surface area contributed by atoms with Gasteiger partial charge >= 0.3 is 12.1 Å². The molecule has 0 aliphatic carbocycles. The van der Waals surface area contributed by atoms with E-state index < -0.39 is 23.8 Å². The highest BCUT2D eigenvalue weighted by Crippen LogP contribution is 2.18. The summed E-state index contributed by atoms with van der Waals surface area (Å²) in [6.07, 6.45) is 0.458. The van der Waals surface area contributed by atoms with E-state index in [0.717, 1.165) is 12.8 Å². The molecule has 1 atom stereocenters. The summed E-state index contributed by atoms with van der Waals surface area (Å²) in [6, 6.07) is 6.33. The molecule has 0 saturated carbocycles. The Kier molecular flexibility index (Phi) is 7.05. The lowest BCUT2D eigenvalue weighted by Crippen LogP contribution is -2.44. The number of carbonyl (C=O) groups is 3. The zero-order valence-electron chi connectivity index (χ0n) is 17.3. The van der Waals surface area contributed by atoms with Gasteiger partial charge in [-0.1, -0.05) is 13.0 Å². The smallest absolute Gasteiger partial charge is 0.412 e. The molecule has 1 fully saturated rings. The van der Waals surface area contributed by atoms with Crippen molar-refractivity contribution in [1.29, 1.82) is 0 Å². The number of benzene rings is 1. The molecule has 0 aromatic heterocycles. The van der Waals surface area contributed by atoms with Crippen LogP contribution in [-0.2, 0) is 14.3 Å². The van der Waals surface area contributed by atoms with Crippen LogP contribution in [0.2, 0.25) is 0 Å². The summed E-state index contributed by atoms with van der Waals surface area (Å²) in [5, 5.41) is 2.58. The van der Waals surface area contributed by atoms with Crippen LogP contribution < -0.4 is 5.32 Å². The monoisotopic (exact) mass is 390 g/mol. The van der Waals surface area contributed by atoms with E-state index in [1.807, 2.05) is 0 Å². The van der Waals surface area contributed by atoms with Gasteiger partial charge in [0, 0.05) is 18.8 Å². The van der Waals surface area contributed by atoms with Gasteiger partial charge in [-0.15, -0.1) is 0 Å². The summed E-state index contributed by atoms with van der Waals surface area (Å²) < 4.78 is 10.5. The number of ether oxygens (including phenoxy) is 2. The Hall–Kier alpha value is -2.57. The molecule has 28 heavy (non-hydrogen) atoms. The number of piperidine rings is 1. The van der Waals surface area contributed by atoms with Gasteiger partial charge in [-0.2, -0.15) is 0 Å². The highest BCUT2D eigenvalue weighted by molar-refractivity contribution is 5.94. The van der Waals surface area contributed by atoms with Gasteiger partial charge < -0.3 is 14.4 Å². The van der Waals surface area contributed by atoms with Gasteiger partial charge in [-0.25, -0.2) is 9.59 Å². The van der Waals surface area contributed by atoms with Crippen molar-refractivity contribution in [2.24, 2.45) is 5.92 Å². The number of hydrogen-bond donors (Lipinski definition) is 1. The summed E-state index contributed by atoms with van der Waals surface area (Å²) in [4.78, 5) is 38.5. The van der Waals surface area contributed by atoms with Gasteiger partial charge in [0.1, 0.15) is 5.60 Å². The fraction of sp³-hybridized carbons (Fsp3) is 0.571. The van der Waals surface area contributed by atoms with Gasteiger partial charge in [0.25, 0.3) is 5.91 Å². The first-order valence-electron chi connectivity index (χ1n) is 9.65. The van der Waals surface area contributed by atoms with Crippen LogP contribution in [0, 0.1) is 5.92 Å². The summed E-state index contributed by atoms with van der Waals surface area (Å²) >= 11 is 0. The van der Waals surface area contributed by atoms with E-state index in [1.54, 1.807) is 50.8 Å². The third-order valence-corrected chi connectivity index (χ3v) is 4.47. The maximum Gasteiger partial charge on any atom is 0.412 e. The topological polar surface area (TPSA) is 84.9 Å². The van der Waals surface area contributed by atoms with Gasteiger partial charge in [0.15, 0.2) is 6.10 Å². The number of nitrogens with one attached hydrogen (secondary N) is 1. The average Bonchev–Trinajstić information content (AvgIpc) is 2.60. The molecule has 1 heterocycles. The third-order valence-electron chi connectivity index (χ3n) is 4.47. The summed E-state index contributed by atoms with van der Waals surface area (Å²) in [5.41, 5.74) is 0.0380. The minimum absolute atomic E-state index is 0.178. The van der Waals surface area contributed by atoms with E-state index in [9.17, 15) is 14.4 Å². The molecule has 0 bridgehead atoms. The van der Waals surface area contributed by atoms with E-state index in [-0.39, 0.29) is 11.5 Å². The molecule has 154 valence electrons. The first-order chi connectivity index (χ1) is 13.0. The van der Waals surface area contributed by atoms with Crippen LogP contribution in [0.1, 0.15) is 57.8 Å². The van der Waals surface area contributed by atoms with Crippen LogP contribution >= 0.6 is 0 Å². The number of likely N-dealkylation sites (tertiary alicyclic amines) is 1. The Bertz CT molecular complexity index is 718. The second-order valence-corrected chi connectivity index (χ2v) is 8.26. The largest absolute Gasteiger partial charge is 0.449 e. The minimum atomic E-state index is -0.858. The van der Waals surface area contributed by atoms with Gasteiger partial charge in [0.05, 0.1) is 5.56 Å². The number of nitrogens with zero attached hydrogens (tertiary/aromatic N) is 1. The van der Waals surface area contributed by atoms with Crippen LogP contribution in [0.5, 0.6) is 0 Å². The highest BCUT2D eigenvalue weighted by Gasteiger charge is 2.27. The zero-order chi connectivity index (χ0) is 20.9. The van der Waals surface area contributed by atoms with Crippen LogP contribution in [0.25, 0.3) is 0 Å². The van der Waals surface area contributed by atoms with Gasteiger partial charge in [0.2, 0.25) is 0 Å². The van der Waals surface area contributed by atoms with Crippen molar-refractivity contribution in [3.8, 4) is 0 Å². The van der Waals surface area contributed by atoms with Crippen LogP contribution in [0.4, 0.5) is 10.5 Å². The van der Waals surface area contributed by atoms with Crippen molar-refractivity contribution in [3.05, 3.63) is 29.8 Å². The number of hydrogen-bond acceptors (Lipinski definition) is 5. The molecule has 0 radical (unpaired) electrons. The van der Waals surface area contributed by atoms with Crippen molar-refractivity contribution in [2.45, 2.75) is 59.2 Å². The maximum absolute atomic E-state index is 12.5. The first-order valence-corrected chi connectivity index (χ1v) is 9.65. The molecule has 1 unspecified atom stereocenters. The van der Waals surface area contributed by atoms with E-state index in [1.165, 1.54) is 6.07 Å². The highest BCUT2D eigenvalue weighted by atomic mass is 16.6. The lowest BCUT2D eigenvalue weighted by Gasteiger charge is -2.31. The fourth-order valence-electron chi connectivity index (χ4n) is 2.91. The van der Waals surface area contributed by atoms with Crippen LogP contribution in [0.15, 0.2) is 24.3 Å². The molecule has 2 rings (SSSR count). The number of amides is 2. The average molecular weight is 390 g/mol. The van der Waals surface area contributed by atoms with Crippen LogP contribution in [-0.4, -0.2) is 47.7 Å². The maximum atomic E-state index is 12.5. The third kappa shape index (κ3) is 6.55. The number of rotatable bonds is 4. The molecule has 1 aromatic carbocycles. The quantitative estimate of drug-likeness (QED) is 0.790. The molecular weight excluding hydrogens is 360 g/mol. The van der Waals surface area contributed by atoms with E-state index in [0.29, 0.717) is 24.7 Å². The van der Waals surface area contributed by atoms with Crippen molar-refractivity contribution in [3.63, 3.8) is 0 Å². The van der Waals surface area contributed by atoms with Crippen molar-refractivity contribution < 1.29 is 23.9 Å². The molecule has 2 amide bonds. The Morgan fingerprint density at radius 1 is 1.18 bits per heavy atom. The first kappa shape index (κ1) is 21.7. The molecule has 1 N–H and O–H groups in total. The van der Waals surface area contributed by atoms with Gasteiger partial charge in [-0.05, 0) is 64.7 Å². The lowest BCUT2D eigenvalue weighted by molar-refractivity contribution is -0.141. The Morgan fingerprint density at radius 3 is 2.43 bits per heavy atom. The summed E-state index contributed by atoms with van der Waals surface area (Å²) in [5.74, 6) is -0.176. The summed E-state index contributed by atoms with van der Waals surface area (Å²) in [7, 11) is 0. The molecular formula is C21H30N2O5. The molecule has 1 aromatic rings. The van der Waals surface area contributed by atoms with Crippen molar-refractivity contribution in [1.82, 2.24) is 4.90 Å². The van der Waals surface area contributed by atoms with E-state index in [2.05, 4.69) is 12.2 Å². The Balaban J connectivity index is 1.94. The molecule has 1 aliphatic heterocycles. The normalized spacial score (nSPS) is 16.2. The Labute approximate surface area is 166 Å². The summed E-state index contributed by atoms with van der Waals surface area (Å²) in [6.45, 7) is 10.4. The standard InChI is InChI=1S/C21H30N2O5/c1-14-9-11-23(12-10-14)18(24)15(2)27-19(25)16-7-6-8-17(13-16)22-20(26)28-21(3,4)5/h6-8,13-15H,9-12H2,1-5H3,(H,22,26). The molecule has 0 spiro atoms. The zero-order valence-corrected chi connectivity index (χ0v) is 17.3. The van der Waals surface area contributed by atoms with Crippen molar-refractivity contribution >= 4 is 23.7 Å². The van der Waals surface area contributed by atoms with Gasteiger partial charge in [-0.3, -0.25) is 10.1 Å². The second kappa shape index (κ2) is 9.08. The molecule has 1 aliphatic rings. The Morgan fingerprint density at radius 2 is 1.82 bits per heavy atom. The van der Waals surface area contributed by atoms with Crippen LogP contribution in [0.3, 0.4) is 0 Å². The van der Waals surface area contributed by atoms with Crippen molar-refractivity contribution in [2.75, 3.05) is 18.4 Å². The van der Waals surface area contributed by atoms with E-state index >= 15 is 0 Å². The van der Waals surface area contributed by atoms with E-state index in [4.69, 9.17) is 9.47 Å². The molecule has 7 heteroatoms. The minimum Gasteiger partial charge on any atom is -0.449 e. The number of anilines is 1. The predicted molar refractivity (Wildman–Crippen MR) is 106 cm³/mol.